The molecule has 2 aromatic carbocycles. The van der Waals surface area contributed by atoms with Crippen LogP contribution in [-0.2, 0) is 25.7 Å². The Hall–Kier alpha value is -2.16. The number of benzene rings is 2. The third-order valence-corrected chi connectivity index (χ3v) is 8.61. The van der Waals surface area contributed by atoms with E-state index in [2.05, 4.69) is 38.1 Å². The smallest absolute Gasteiger partial charge is 0.134 e. The van der Waals surface area contributed by atoms with E-state index >= 15 is 0 Å². The second kappa shape index (κ2) is 16.8. The van der Waals surface area contributed by atoms with Gasteiger partial charge in [-0.15, -0.1) is 0 Å². The van der Waals surface area contributed by atoms with Gasteiger partial charge in [0.1, 0.15) is 23.0 Å². The maximum Gasteiger partial charge on any atom is 0.134 e. The average Bonchev–Trinajstić information content (AvgIpc) is 3.65. The van der Waals surface area contributed by atoms with Gasteiger partial charge in [0, 0.05) is 24.0 Å². The van der Waals surface area contributed by atoms with Crippen molar-refractivity contribution in [2.45, 2.75) is 142 Å². The third kappa shape index (κ3) is 8.92. The zero-order valence-electron chi connectivity index (χ0n) is 25.1. The fraction of sp³-hybridized carbons (Fsp3) is 0.667. The van der Waals surface area contributed by atoms with E-state index in [4.69, 9.17) is 14.2 Å². The van der Waals surface area contributed by atoms with E-state index in [9.17, 15) is 0 Å². The van der Waals surface area contributed by atoms with Crippen LogP contribution in [0.5, 0.6) is 23.0 Å². The van der Waals surface area contributed by atoms with Crippen molar-refractivity contribution in [2.75, 3.05) is 13.2 Å². The first kappa shape index (κ1) is 29.8. The van der Waals surface area contributed by atoms with Crippen LogP contribution < -0.4 is 14.2 Å². The first-order valence-electron chi connectivity index (χ1n) is 16.5. The molecule has 0 fully saturated rings. The van der Waals surface area contributed by atoms with Crippen LogP contribution in [0.15, 0.2) is 24.3 Å². The van der Waals surface area contributed by atoms with E-state index in [1.165, 1.54) is 125 Å². The molecule has 0 saturated carbocycles. The molecular formula is C36H54O3. The third-order valence-electron chi connectivity index (χ3n) is 8.61. The Labute approximate surface area is 239 Å². The molecule has 2 aromatic rings. The summed E-state index contributed by atoms with van der Waals surface area (Å²) in [7, 11) is 0. The van der Waals surface area contributed by atoms with Gasteiger partial charge < -0.3 is 14.2 Å². The highest BCUT2D eigenvalue weighted by molar-refractivity contribution is 5.57. The van der Waals surface area contributed by atoms with Crippen molar-refractivity contribution in [1.29, 1.82) is 0 Å². The van der Waals surface area contributed by atoms with Crippen LogP contribution in [-0.4, -0.2) is 13.2 Å². The maximum atomic E-state index is 6.59. The second-order valence-electron chi connectivity index (χ2n) is 11.8. The van der Waals surface area contributed by atoms with Crippen molar-refractivity contribution >= 4 is 0 Å². The highest BCUT2D eigenvalue weighted by Crippen LogP contribution is 2.43. The first-order chi connectivity index (χ1) is 19.3. The molecule has 2 heterocycles. The minimum Gasteiger partial charge on any atom is -0.493 e. The molecule has 39 heavy (non-hydrogen) atoms. The Bertz CT molecular complexity index is 916. The first-order valence-corrected chi connectivity index (χ1v) is 16.5. The summed E-state index contributed by atoms with van der Waals surface area (Å²) in [6, 6.07) is 8.86. The number of aryl methyl sites for hydroxylation is 2. The number of unbranched alkanes of at least 4 members (excludes halogenated alkanes) is 14. The lowest BCUT2D eigenvalue weighted by molar-refractivity contribution is 0.353. The Morgan fingerprint density at radius 3 is 1.31 bits per heavy atom. The van der Waals surface area contributed by atoms with Gasteiger partial charge in [-0.2, -0.15) is 0 Å². The SMILES string of the molecule is CCCCCCCCCCc1ccc(Oc2ccc(CCCCCCCCCC)c3c2CCO3)c2c1OCC2. The van der Waals surface area contributed by atoms with E-state index in [0.29, 0.717) is 0 Å². The lowest BCUT2D eigenvalue weighted by Gasteiger charge is -2.16. The number of rotatable bonds is 20. The molecule has 0 saturated heterocycles. The summed E-state index contributed by atoms with van der Waals surface area (Å²) in [6.07, 6.45) is 25.7. The van der Waals surface area contributed by atoms with Crippen LogP contribution in [0.4, 0.5) is 0 Å². The summed E-state index contributed by atoms with van der Waals surface area (Å²) in [4.78, 5) is 0. The van der Waals surface area contributed by atoms with Gasteiger partial charge in [0.25, 0.3) is 0 Å². The monoisotopic (exact) mass is 534 g/mol. The molecule has 3 nitrogen and oxygen atoms in total. The van der Waals surface area contributed by atoms with Gasteiger partial charge in [-0.25, -0.2) is 0 Å². The van der Waals surface area contributed by atoms with Crippen molar-refractivity contribution in [3.05, 3.63) is 46.5 Å². The van der Waals surface area contributed by atoms with Crippen LogP contribution >= 0.6 is 0 Å². The van der Waals surface area contributed by atoms with Gasteiger partial charge in [0.05, 0.1) is 13.2 Å². The minimum absolute atomic E-state index is 0.763. The van der Waals surface area contributed by atoms with E-state index in [1.54, 1.807) is 0 Å². The molecule has 0 spiro atoms. The lowest BCUT2D eigenvalue weighted by Crippen LogP contribution is -1.97. The van der Waals surface area contributed by atoms with E-state index in [1.807, 2.05) is 0 Å². The zero-order chi connectivity index (χ0) is 27.1. The standard InChI is InChI=1S/C36H54O3/c1-3-5-7-9-11-13-15-17-19-29-21-23-33(31-25-27-37-35(29)31)39-34-24-22-30(36-32(34)26-28-38-36)20-18-16-14-12-10-8-6-4-2/h21-24H,3-20,25-28H2,1-2H3. The van der Waals surface area contributed by atoms with Crippen molar-refractivity contribution in [3.8, 4) is 23.0 Å². The van der Waals surface area contributed by atoms with Crippen LogP contribution in [0, 0.1) is 0 Å². The summed E-state index contributed by atoms with van der Waals surface area (Å²) in [5, 5.41) is 0. The Morgan fingerprint density at radius 1 is 0.513 bits per heavy atom. The van der Waals surface area contributed by atoms with Crippen LogP contribution in [0.2, 0.25) is 0 Å². The highest BCUT2D eigenvalue weighted by atomic mass is 16.5. The Kier molecular flexibility index (Phi) is 12.9. The zero-order valence-corrected chi connectivity index (χ0v) is 25.1. The molecule has 0 N–H and O–H groups in total. The normalized spacial score (nSPS) is 13.7. The number of fused-ring (bicyclic) bond motifs is 2. The van der Waals surface area contributed by atoms with E-state index in [0.717, 1.165) is 61.9 Å². The quantitative estimate of drug-likeness (QED) is 0.158. The van der Waals surface area contributed by atoms with E-state index in [-0.39, 0.29) is 0 Å². The highest BCUT2D eigenvalue weighted by Gasteiger charge is 2.25. The molecule has 0 aromatic heterocycles. The van der Waals surface area contributed by atoms with Crippen molar-refractivity contribution in [3.63, 3.8) is 0 Å². The molecule has 4 rings (SSSR count). The molecule has 0 amide bonds. The van der Waals surface area contributed by atoms with Gasteiger partial charge in [-0.3, -0.25) is 0 Å². The fourth-order valence-electron chi connectivity index (χ4n) is 6.26. The average molecular weight is 535 g/mol. The molecule has 3 heteroatoms. The Morgan fingerprint density at radius 2 is 0.897 bits per heavy atom. The molecule has 0 radical (unpaired) electrons. The van der Waals surface area contributed by atoms with Gasteiger partial charge in [-0.05, 0) is 48.9 Å². The molecule has 2 aliphatic rings. The van der Waals surface area contributed by atoms with E-state index < -0.39 is 0 Å². The van der Waals surface area contributed by atoms with Crippen molar-refractivity contribution in [2.24, 2.45) is 0 Å². The van der Waals surface area contributed by atoms with Crippen molar-refractivity contribution in [1.82, 2.24) is 0 Å². The molecule has 0 unspecified atom stereocenters. The summed E-state index contributed by atoms with van der Waals surface area (Å²) in [6.45, 7) is 6.09. The predicted molar refractivity (Wildman–Crippen MR) is 164 cm³/mol. The minimum atomic E-state index is 0.763. The fourth-order valence-corrected chi connectivity index (χ4v) is 6.26. The summed E-state index contributed by atoms with van der Waals surface area (Å²) < 4.78 is 18.9. The van der Waals surface area contributed by atoms with Crippen LogP contribution in [0.25, 0.3) is 0 Å². The molecular weight excluding hydrogens is 480 g/mol. The summed E-state index contributed by atoms with van der Waals surface area (Å²) >= 11 is 0. The second-order valence-corrected chi connectivity index (χ2v) is 11.8. The number of ether oxygens (including phenoxy) is 3. The molecule has 2 aliphatic heterocycles. The molecule has 0 aliphatic carbocycles. The largest absolute Gasteiger partial charge is 0.493 e. The van der Waals surface area contributed by atoms with Gasteiger partial charge in [0.2, 0.25) is 0 Å². The summed E-state index contributed by atoms with van der Waals surface area (Å²) in [5.74, 6) is 4.11. The van der Waals surface area contributed by atoms with Crippen LogP contribution in [0.3, 0.4) is 0 Å². The van der Waals surface area contributed by atoms with Gasteiger partial charge in [0.15, 0.2) is 0 Å². The number of hydrogen-bond donors (Lipinski definition) is 0. The number of hydrogen-bond acceptors (Lipinski definition) is 3. The summed E-state index contributed by atoms with van der Waals surface area (Å²) in [5.41, 5.74) is 5.22. The molecule has 216 valence electrons. The van der Waals surface area contributed by atoms with Crippen LogP contribution in [0.1, 0.15) is 139 Å². The molecule has 0 bridgehead atoms. The predicted octanol–water partition coefficient (Wildman–Crippen LogP) is 10.7. The van der Waals surface area contributed by atoms with Gasteiger partial charge >= 0.3 is 0 Å². The van der Waals surface area contributed by atoms with Crippen molar-refractivity contribution < 1.29 is 14.2 Å². The molecule has 0 atom stereocenters. The van der Waals surface area contributed by atoms with Gasteiger partial charge in [-0.1, -0.05) is 116 Å². The topological polar surface area (TPSA) is 27.7 Å². The Balaban J connectivity index is 1.29. The maximum absolute atomic E-state index is 6.59. The lowest BCUT2D eigenvalue weighted by atomic mass is 10.00.